The van der Waals surface area contributed by atoms with Crippen molar-refractivity contribution in [1.82, 2.24) is 0 Å². The van der Waals surface area contributed by atoms with Gasteiger partial charge in [-0.15, -0.1) is 0 Å². The Hall–Kier alpha value is -5.03. The minimum atomic E-state index is -0.355. The predicted octanol–water partition coefficient (Wildman–Crippen LogP) is 9.08. The van der Waals surface area contributed by atoms with Crippen LogP contribution in [0.5, 0.6) is 11.5 Å². The first kappa shape index (κ1) is 27.2. The van der Waals surface area contributed by atoms with Crippen LogP contribution in [0.15, 0.2) is 121 Å². The first-order valence-electron chi connectivity index (χ1n) is 14.4. The highest BCUT2D eigenvalue weighted by Gasteiger charge is 2.33. The van der Waals surface area contributed by atoms with Crippen LogP contribution in [0.3, 0.4) is 0 Å². The van der Waals surface area contributed by atoms with Crippen LogP contribution in [-0.4, -0.2) is 26.2 Å². The van der Waals surface area contributed by atoms with Gasteiger partial charge in [0.05, 0.1) is 12.7 Å². The average Bonchev–Trinajstić information content (AvgIpc) is 3.05. The van der Waals surface area contributed by atoms with Crippen LogP contribution in [-0.2, 0) is 4.74 Å². The first-order valence-corrected chi connectivity index (χ1v) is 14.4. The van der Waals surface area contributed by atoms with Crippen LogP contribution in [0, 0.1) is 0 Å². The molecular formula is C37H34N2O3. The summed E-state index contributed by atoms with van der Waals surface area (Å²) >= 11 is 0. The molecule has 0 radical (unpaired) electrons. The summed E-state index contributed by atoms with van der Waals surface area (Å²) in [4.78, 5) is 17.5. The number of methoxy groups -OCH3 is 1. The fourth-order valence-corrected chi connectivity index (χ4v) is 5.90. The fourth-order valence-electron chi connectivity index (χ4n) is 5.90. The molecule has 6 rings (SSSR count). The second-order valence-corrected chi connectivity index (χ2v) is 10.2. The standard InChI is InChI=1S/C37H34N2O3/c1-4-38(5-2)28-20-22-32-35(25-28)42-34-23-21-29(39(26-14-8-6-9-15-26)27-16-10-7-11-17-27)24-33(34)36(32)30-18-12-13-19-31(30)37(40)41-3/h6-25,36H,4-5H2,1-3H3. The monoisotopic (exact) mass is 554 g/mol. The van der Waals surface area contributed by atoms with Gasteiger partial charge in [0.1, 0.15) is 11.5 Å². The summed E-state index contributed by atoms with van der Waals surface area (Å²) in [6.45, 7) is 6.11. The number of carbonyl (C=O) groups excluding carboxylic acids is 1. The molecule has 0 aromatic heterocycles. The van der Waals surface area contributed by atoms with Crippen molar-refractivity contribution < 1.29 is 14.3 Å². The maximum Gasteiger partial charge on any atom is 0.338 e. The van der Waals surface area contributed by atoms with E-state index in [0.717, 1.165) is 64.0 Å². The maximum absolute atomic E-state index is 13.0. The van der Waals surface area contributed by atoms with Gasteiger partial charge < -0.3 is 19.3 Å². The van der Waals surface area contributed by atoms with Gasteiger partial charge in [-0.1, -0.05) is 60.7 Å². The SMILES string of the molecule is CCN(CC)c1ccc2c(c1)Oc1ccc(N(c3ccccc3)c3ccccc3)cc1C2c1ccccc1C(=O)OC. The van der Waals surface area contributed by atoms with E-state index in [1.54, 1.807) is 0 Å². The molecule has 5 aromatic rings. The number of esters is 1. The Morgan fingerprint density at radius 2 is 1.26 bits per heavy atom. The number of rotatable bonds is 8. The Kier molecular flexibility index (Phi) is 7.65. The van der Waals surface area contributed by atoms with Crippen molar-refractivity contribution in [3.05, 3.63) is 144 Å². The van der Waals surface area contributed by atoms with Crippen molar-refractivity contribution in [2.24, 2.45) is 0 Å². The van der Waals surface area contributed by atoms with Gasteiger partial charge in [0.2, 0.25) is 0 Å². The lowest BCUT2D eigenvalue weighted by atomic mass is 9.80. The Morgan fingerprint density at radius 3 is 1.90 bits per heavy atom. The van der Waals surface area contributed by atoms with E-state index in [0.29, 0.717) is 5.56 Å². The predicted molar refractivity (Wildman–Crippen MR) is 170 cm³/mol. The van der Waals surface area contributed by atoms with Gasteiger partial charge in [-0.2, -0.15) is 0 Å². The zero-order chi connectivity index (χ0) is 29.1. The Labute approximate surface area is 247 Å². The maximum atomic E-state index is 13.0. The van der Waals surface area contributed by atoms with Crippen LogP contribution < -0.4 is 14.5 Å². The van der Waals surface area contributed by atoms with Gasteiger partial charge in [0, 0.05) is 59.0 Å². The number of ether oxygens (including phenoxy) is 2. The molecule has 0 bridgehead atoms. The molecule has 1 aliphatic heterocycles. The van der Waals surface area contributed by atoms with Crippen LogP contribution in [0.25, 0.3) is 0 Å². The summed E-state index contributed by atoms with van der Waals surface area (Å²) in [7, 11) is 1.43. The number of carbonyl (C=O) groups is 1. The summed E-state index contributed by atoms with van der Waals surface area (Å²) in [5.74, 6) is 0.977. The molecule has 1 aliphatic rings. The smallest absolute Gasteiger partial charge is 0.338 e. The molecule has 5 heteroatoms. The largest absolute Gasteiger partial charge is 0.465 e. The van der Waals surface area contributed by atoms with Crippen LogP contribution in [0.4, 0.5) is 22.7 Å². The van der Waals surface area contributed by atoms with Gasteiger partial charge in [-0.05, 0) is 74.0 Å². The summed E-state index contributed by atoms with van der Waals surface area (Å²) in [5.41, 5.74) is 7.64. The van der Waals surface area contributed by atoms with Crippen molar-refractivity contribution in [3.8, 4) is 11.5 Å². The highest BCUT2D eigenvalue weighted by atomic mass is 16.5. The van der Waals surface area contributed by atoms with Gasteiger partial charge in [0.25, 0.3) is 0 Å². The molecule has 0 saturated carbocycles. The molecule has 0 saturated heterocycles. The van der Waals surface area contributed by atoms with E-state index in [4.69, 9.17) is 9.47 Å². The van der Waals surface area contributed by atoms with Crippen molar-refractivity contribution >= 4 is 28.7 Å². The van der Waals surface area contributed by atoms with E-state index in [-0.39, 0.29) is 11.9 Å². The summed E-state index contributed by atoms with van der Waals surface area (Å²) < 4.78 is 11.8. The van der Waals surface area contributed by atoms with Crippen LogP contribution in [0.2, 0.25) is 0 Å². The molecule has 0 fully saturated rings. The lowest BCUT2D eigenvalue weighted by Crippen LogP contribution is -2.22. The zero-order valence-electron chi connectivity index (χ0n) is 24.2. The molecule has 1 atom stereocenters. The third kappa shape index (κ3) is 4.99. The number of fused-ring (bicyclic) bond motifs is 2. The molecule has 0 aliphatic carbocycles. The summed E-state index contributed by atoms with van der Waals surface area (Å²) in [6.07, 6.45) is 0. The van der Waals surface area contributed by atoms with E-state index in [2.05, 4.69) is 78.2 Å². The van der Waals surface area contributed by atoms with Gasteiger partial charge >= 0.3 is 5.97 Å². The van der Waals surface area contributed by atoms with Crippen molar-refractivity contribution in [3.63, 3.8) is 0 Å². The summed E-state index contributed by atoms with van der Waals surface area (Å²) in [5, 5.41) is 0. The number of hydrogen-bond acceptors (Lipinski definition) is 5. The molecule has 5 nitrogen and oxygen atoms in total. The third-order valence-electron chi connectivity index (χ3n) is 7.93. The number of benzene rings is 5. The van der Waals surface area contributed by atoms with E-state index in [9.17, 15) is 4.79 Å². The molecule has 210 valence electrons. The van der Waals surface area contributed by atoms with E-state index in [1.165, 1.54) is 7.11 Å². The Morgan fingerprint density at radius 1 is 0.643 bits per heavy atom. The Balaban J connectivity index is 1.56. The molecule has 0 amide bonds. The quantitative estimate of drug-likeness (QED) is 0.176. The minimum Gasteiger partial charge on any atom is -0.465 e. The van der Waals surface area contributed by atoms with Crippen molar-refractivity contribution in [2.75, 3.05) is 30.0 Å². The Bertz CT molecular complexity index is 1660. The van der Waals surface area contributed by atoms with Crippen molar-refractivity contribution in [2.45, 2.75) is 19.8 Å². The second-order valence-electron chi connectivity index (χ2n) is 10.2. The average molecular weight is 555 g/mol. The topological polar surface area (TPSA) is 42.0 Å². The highest BCUT2D eigenvalue weighted by Crippen LogP contribution is 2.51. The first-order chi connectivity index (χ1) is 20.6. The molecule has 0 spiro atoms. The third-order valence-corrected chi connectivity index (χ3v) is 7.93. The summed E-state index contributed by atoms with van der Waals surface area (Å²) in [6, 6.07) is 41.1. The zero-order valence-corrected chi connectivity index (χ0v) is 24.2. The van der Waals surface area contributed by atoms with Crippen molar-refractivity contribution in [1.29, 1.82) is 0 Å². The highest BCUT2D eigenvalue weighted by molar-refractivity contribution is 5.92. The van der Waals surface area contributed by atoms with Gasteiger partial charge in [-0.25, -0.2) is 4.79 Å². The molecule has 0 N–H and O–H groups in total. The molecule has 1 unspecified atom stereocenters. The van der Waals surface area contributed by atoms with E-state index < -0.39 is 0 Å². The van der Waals surface area contributed by atoms with Crippen LogP contribution >= 0.6 is 0 Å². The number of hydrogen-bond donors (Lipinski definition) is 0. The van der Waals surface area contributed by atoms with Gasteiger partial charge in [-0.3, -0.25) is 0 Å². The normalized spacial score (nSPS) is 13.4. The number of para-hydroxylation sites is 2. The van der Waals surface area contributed by atoms with E-state index >= 15 is 0 Å². The molecule has 42 heavy (non-hydrogen) atoms. The number of anilines is 4. The van der Waals surface area contributed by atoms with E-state index in [1.807, 2.05) is 66.7 Å². The molecule has 1 heterocycles. The number of nitrogens with zero attached hydrogens (tertiary/aromatic N) is 2. The second kappa shape index (κ2) is 11.8. The van der Waals surface area contributed by atoms with Crippen LogP contribution in [0.1, 0.15) is 46.8 Å². The minimum absolute atomic E-state index is 0.238. The fraction of sp³-hybridized carbons (Fsp3) is 0.162. The molecule has 5 aromatic carbocycles. The van der Waals surface area contributed by atoms with Gasteiger partial charge in [0.15, 0.2) is 0 Å². The lowest BCUT2D eigenvalue weighted by Gasteiger charge is -2.33. The lowest BCUT2D eigenvalue weighted by molar-refractivity contribution is 0.0599. The molecular weight excluding hydrogens is 520 g/mol.